The Morgan fingerprint density at radius 2 is 2.05 bits per heavy atom. The topological polar surface area (TPSA) is 55.8 Å². The van der Waals surface area contributed by atoms with Gasteiger partial charge in [0.25, 0.3) is 0 Å². The number of ether oxygens (including phenoxy) is 2. The highest BCUT2D eigenvalue weighted by Crippen LogP contribution is 2.37. The fourth-order valence-corrected chi connectivity index (χ4v) is 2.76. The standard InChI is InChI=1S/C15H23NO4/c1-5-19-13(17)10-6-11-8-16(9-12(11)7-10)14(18)20-15(2,3)4/h6,11-12H,5,7-9H2,1-4H3. The van der Waals surface area contributed by atoms with Crippen molar-refractivity contribution in [1.29, 1.82) is 0 Å². The lowest BCUT2D eigenvalue weighted by atomic mass is 10.00. The molecule has 1 amide bonds. The predicted molar refractivity (Wildman–Crippen MR) is 74.1 cm³/mol. The van der Waals surface area contributed by atoms with E-state index in [0.717, 1.165) is 5.57 Å². The van der Waals surface area contributed by atoms with E-state index >= 15 is 0 Å². The van der Waals surface area contributed by atoms with Crippen LogP contribution >= 0.6 is 0 Å². The Kier molecular flexibility index (Phi) is 4.06. The molecule has 1 aliphatic carbocycles. The van der Waals surface area contributed by atoms with Crippen LogP contribution in [-0.2, 0) is 14.3 Å². The molecule has 0 spiro atoms. The highest BCUT2D eigenvalue weighted by atomic mass is 16.6. The molecule has 0 aromatic rings. The maximum absolute atomic E-state index is 12.0. The lowest BCUT2D eigenvalue weighted by Gasteiger charge is -2.24. The SMILES string of the molecule is CCOC(=O)C1=CC2CN(C(=O)OC(C)(C)C)CC2C1. The van der Waals surface area contributed by atoms with Crippen LogP contribution in [0, 0.1) is 11.8 Å². The van der Waals surface area contributed by atoms with Crippen LogP contribution in [0.3, 0.4) is 0 Å². The lowest BCUT2D eigenvalue weighted by Crippen LogP contribution is -2.35. The molecule has 0 aromatic carbocycles. The van der Waals surface area contributed by atoms with Gasteiger partial charge in [-0.25, -0.2) is 9.59 Å². The third kappa shape index (κ3) is 3.32. The molecule has 2 atom stereocenters. The second kappa shape index (κ2) is 5.46. The normalized spacial score (nSPS) is 25.2. The molecule has 20 heavy (non-hydrogen) atoms. The van der Waals surface area contributed by atoms with Gasteiger partial charge in [0.2, 0.25) is 0 Å². The third-order valence-corrected chi connectivity index (χ3v) is 3.58. The highest BCUT2D eigenvalue weighted by molar-refractivity contribution is 5.89. The van der Waals surface area contributed by atoms with Gasteiger partial charge >= 0.3 is 12.1 Å². The molecule has 1 heterocycles. The Balaban J connectivity index is 1.92. The zero-order valence-electron chi connectivity index (χ0n) is 12.6. The first kappa shape index (κ1) is 14.9. The minimum Gasteiger partial charge on any atom is -0.463 e. The van der Waals surface area contributed by atoms with E-state index in [0.29, 0.717) is 32.0 Å². The van der Waals surface area contributed by atoms with Crippen molar-refractivity contribution in [2.75, 3.05) is 19.7 Å². The molecule has 2 rings (SSSR count). The smallest absolute Gasteiger partial charge is 0.410 e. The van der Waals surface area contributed by atoms with Crippen molar-refractivity contribution >= 4 is 12.1 Å². The van der Waals surface area contributed by atoms with E-state index in [9.17, 15) is 9.59 Å². The van der Waals surface area contributed by atoms with Crippen molar-refractivity contribution in [2.24, 2.45) is 11.8 Å². The maximum Gasteiger partial charge on any atom is 0.410 e. The van der Waals surface area contributed by atoms with E-state index in [1.165, 1.54) is 0 Å². The van der Waals surface area contributed by atoms with Gasteiger partial charge in [-0.1, -0.05) is 6.08 Å². The van der Waals surface area contributed by atoms with E-state index in [1.807, 2.05) is 26.8 Å². The molecule has 0 aromatic heterocycles. The average molecular weight is 281 g/mol. The second-order valence-electron chi connectivity index (χ2n) is 6.43. The number of carbonyl (C=O) groups excluding carboxylic acids is 2. The first-order chi connectivity index (χ1) is 9.30. The van der Waals surface area contributed by atoms with E-state index in [1.54, 1.807) is 11.8 Å². The van der Waals surface area contributed by atoms with Gasteiger partial charge in [0.15, 0.2) is 0 Å². The Hall–Kier alpha value is -1.52. The van der Waals surface area contributed by atoms with Gasteiger partial charge in [0, 0.05) is 24.6 Å². The van der Waals surface area contributed by atoms with E-state index in [4.69, 9.17) is 9.47 Å². The van der Waals surface area contributed by atoms with Crippen LogP contribution in [0.2, 0.25) is 0 Å². The summed E-state index contributed by atoms with van der Waals surface area (Å²) in [5.41, 5.74) is 0.284. The molecule has 1 fully saturated rings. The summed E-state index contributed by atoms with van der Waals surface area (Å²) in [6.07, 6.45) is 2.40. The first-order valence-electron chi connectivity index (χ1n) is 7.16. The van der Waals surface area contributed by atoms with Crippen molar-refractivity contribution in [3.05, 3.63) is 11.6 Å². The monoisotopic (exact) mass is 281 g/mol. The van der Waals surface area contributed by atoms with Gasteiger partial charge in [0.1, 0.15) is 5.60 Å². The molecular formula is C15H23NO4. The molecule has 0 radical (unpaired) electrons. The summed E-state index contributed by atoms with van der Waals surface area (Å²) in [7, 11) is 0. The number of likely N-dealkylation sites (tertiary alicyclic amines) is 1. The van der Waals surface area contributed by atoms with Crippen LogP contribution in [0.1, 0.15) is 34.1 Å². The predicted octanol–water partition coefficient (Wildman–Crippen LogP) is 2.36. The quantitative estimate of drug-likeness (QED) is 0.729. The number of carbonyl (C=O) groups is 2. The molecule has 5 heteroatoms. The van der Waals surface area contributed by atoms with Crippen LogP contribution < -0.4 is 0 Å². The Labute approximate surface area is 119 Å². The van der Waals surface area contributed by atoms with Crippen LogP contribution in [0.15, 0.2) is 11.6 Å². The van der Waals surface area contributed by atoms with Crippen LogP contribution in [-0.4, -0.2) is 42.3 Å². The molecule has 1 saturated heterocycles. The van der Waals surface area contributed by atoms with Crippen LogP contribution in [0.25, 0.3) is 0 Å². The van der Waals surface area contributed by atoms with Gasteiger partial charge in [-0.2, -0.15) is 0 Å². The second-order valence-corrected chi connectivity index (χ2v) is 6.43. The maximum atomic E-state index is 12.0. The van der Waals surface area contributed by atoms with Gasteiger partial charge < -0.3 is 14.4 Å². The van der Waals surface area contributed by atoms with Crippen molar-refractivity contribution in [1.82, 2.24) is 4.90 Å². The van der Waals surface area contributed by atoms with Crippen LogP contribution in [0.5, 0.6) is 0 Å². The van der Waals surface area contributed by atoms with Gasteiger partial charge in [-0.15, -0.1) is 0 Å². The molecule has 0 bridgehead atoms. The number of hydrogen-bond donors (Lipinski definition) is 0. The largest absolute Gasteiger partial charge is 0.463 e. The number of nitrogens with zero attached hydrogens (tertiary/aromatic N) is 1. The summed E-state index contributed by atoms with van der Waals surface area (Å²) in [6.45, 7) is 9.07. The molecule has 112 valence electrons. The van der Waals surface area contributed by atoms with Crippen molar-refractivity contribution in [3.63, 3.8) is 0 Å². The summed E-state index contributed by atoms with van der Waals surface area (Å²) in [5, 5.41) is 0. The molecule has 0 N–H and O–H groups in total. The number of amides is 1. The third-order valence-electron chi connectivity index (χ3n) is 3.58. The fourth-order valence-electron chi connectivity index (χ4n) is 2.76. The van der Waals surface area contributed by atoms with Gasteiger partial charge in [-0.3, -0.25) is 0 Å². The first-order valence-corrected chi connectivity index (χ1v) is 7.16. The van der Waals surface area contributed by atoms with Gasteiger partial charge in [0.05, 0.1) is 6.61 Å². The lowest BCUT2D eigenvalue weighted by molar-refractivity contribution is -0.138. The molecule has 0 saturated carbocycles. The molecule has 2 unspecified atom stereocenters. The summed E-state index contributed by atoms with van der Waals surface area (Å²) in [5.74, 6) is 0.356. The van der Waals surface area contributed by atoms with E-state index in [-0.39, 0.29) is 18.0 Å². The summed E-state index contributed by atoms with van der Waals surface area (Å²) in [4.78, 5) is 25.4. The minimum absolute atomic E-state index is 0.217. The zero-order chi connectivity index (χ0) is 14.9. The Morgan fingerprint density at radius 3 is 2.60 bits per heavy atom. The van der Waals surface area contributed by atoms with Crippen molar-refractivity contribution < 1.29 is 19.1 Å². The van der Waals surface area contributed by atoms with E-state index < -0.39 is 5.60 Å². The highest BCUT2D eigenvalue weighted by Gasteiger charge is 2.41. The fraction of sp³-hybridized carbons (Fsp3) is 0.733. The summed E-state index contributed by atoms with van der Waals surface area (Å²) < 4.78 is 10.4. The molecular weight excluding hydrogens is 258 g/mol. The zero-order valence-corrected chi connectivity index (χ0v) is 12.6. The van der Waals surface area contributed by atoms with E-state index in [2.05, 4.69) is 0 Å². The Bertz CT molecular complexity index is 436. The number of esters is 1. The van der Waals surface area contributed by atoms with Crippen molar-refractivity contribution in [2.45, 2.75) is 39.7 Å². The molecule has 5 nitrogen and oxygen atoms in total. The average Bonchev–Trinajstić information content (AvgIpc) is 2.83. The van der Waals surface area contributed by atoms with Gasteiger partial charge in [-0.05, 0) is 40.0 Å². The number of hydrogen-bond acceptors (Lipinski definition) is 4. The van der Waals surface area contributed by atoms with Crippen LogP contribution in [0.4, 0.5) is 4.79 Å². The molecule has 1 aliphatic heterocycles. The number of fused-ring (bicyclic) bond motifs is 1. The summed E-state index contributed by atoms with van der Waals surface area (Å²) in [6, 6.07) is 0. The molecule has 2 aliphatic rings. The Morgan fingerprint density at radius 1 is 1.35 bits per heavy atom. The minimum atomic E-state index is -0.472. The number of rotatable bonds is 2. The summed E-state index contributed by atoms with van der Waals surface area (Å²) >= 11 is 0. The van der Waals surface area contributed by atoms with Crippen molar-refractivity contribution in [3.8, 4) is 0 Å².